The second kappa shape index (κ2) is 10.9. The molecule has 0 spiro atoms. The molecule has 4 rings (SSSR count). The van der Waals surface area contributed by atoms with Gasteiger partial charge in [0.15, 0.2) is 5.82 Å². The molecule has 0 aliphatic carbocycles. The summed E-state index contributed by atoms with van der Waals surface area (Å²) in [4.78, 5) is 7.91. The van der Waals surface area contributed by atoms with E-state index in [4.69, 9.17) is 0 Å². The summed E-state index contributed by atoms with van der Waals surface area (Å²) < 4.78 is 97.5. The van der Waals surface area contributed by atoms with Crippen LogP contribution in [0.3, 0.4) is 0 Å². The van der Waals surface area contributed by atoms with E-state index in [9.17, 15) is 30.4 Å². The lowest BCUT2D eigenvalue weighted by molar-refractivity contribution is -0.137. The highest BCUT2D eigenvalue weighted by Crippen LogP contribution is 2.36. The van der Waals surface area contributed by atoms with Crippen LogP contribution in [0.4, 0.5) is 33.5 Å². The van der Waals surface area contributed by atoms with Crippen molar-refractivity contribution in [3.63, 3.8) is 0 Å². The molecule has 204 valence electrons. The van der Waals surface area contributed by atoms with Crippen molar-refractivity contribution in [3.8, 4) is 11.1 Å². The second-order valence-electron chi connectivity index (χ2n) is 9.17. The summed E-state index contributed by atoms with van der Waals surface area (Å²) in [6, 6.07) is 7.82. The number of anilines is 2. The second-order valence-corrected chi connectivity index (χ2v) is 10.8. The van der Waals surface area contributed by atoms with Gasteiger partial charge in [0.1, 0.15) is 11.6 Å². The number of nitrogens with one attached hydrogen (secondary N) is 1. The van der Waals surface area contributed by atoms with Crippen LogP contribution in [0, 0.1) is 11.6 Å². The number of sulfonamides is 1. The van der Waals surface area contributed by atoms with Crippen LogP contribution < -0.4 is 9.62 Å². The average Bonchev–Trinajstić information content (AvgIpc) is 2.84. The fourth-order valence-electron chi connectivity index (χ4n) is 4.58. The van der Waals surface area contributed by atoms with Crippen LogP contribution in [0.15, 0.2) is 59.6 Å². The van der Waals surface area contributed by atoms with E-state index in [1.54, 1.807) is 0 Å². The van der Waals surface area contributed by atoms with E-state index in [1.807, 2.05) is 11.8 Å². The number of alkyl halides is 3. The number of halogens is 5. The van der Waals surface area contributed by atoms with Crippen LogP contribution in [-0.4, -0.2) is 50.5 Å². The normalized spacial score (nSPS) is 17.0. The van der Waals surface area contributed by atoms with Gasteiger partial charge in [0.05, 0.1) is 21.7 Å². The minimum Gasteiger partial charge on any atom is -0.350 e. The summed E-state index contributed by atoms with van der Waals surface area (Å²) in [6.07, 6.45) is -2.52. The molecule has 12 heteroatoms. The molecule has 1 N–H and O–H groups in total. The summed E-state index contributed by atoms with van der Waals surface area (Å²) in [7, 11) is -4.53. The first-order chi connectivity index (χ1) is 17.9. The number of aromatic nitrogens is 1. The van der Waals surface area contributed by atoms with Crippen molar-refractivity contribution in [2.24, 2.45) is 0 Å². The van der Waals surface area contributed by atoms with E-state index >= 15 is 0 Å². The third kappa shape index (κ3) is 5.91. The summed E-state index contributed by atoms with van der Waals surface area (Å²) in [5.74, 6) is -1.52. The Labute approximate surface area is 218 Å². The molecule has 0 saturated carbocycles. The molecule has 0 radical (unpaired) electrons. The number of piperazine rings is 1. The van der Waals surface area contributed by atoms with Crippen molar-refractivity contribution in [1.82, 2.24) is 9.88 Å². The van der Waals surface area contributed by atoms with Gasteiger partial charge in [-0.15, -0.1) is 0 Å². The zero-order valence-corrected chi connectivity index (χ0v) is 21.6. The average molecular weight is 555 g/mol. The molecule has 1 aliphatic rings. The van der Waals surface area contributed by atoms with Crippen LogP contribution in [0.5, 0.6) is 0 Å². The molecule has 3 aromatic rings. The quantitative estimate of drug-likeness (QED) is 0.376. The van der Waals surface area contributed by atoms with Gasteiger partial charge in [0.25, 0.3) is 10.0 Å². The number of pyridine rings is 1. The van der Waals surface area contributed by atoms with E-state index in [-0.39, 0.29) is 23.1 Å². The molecule has 1 aliphatic heterocycles. The maximum atomic E-state index is 14.5. The maximum Gasteiger partial charge on any atom is 0.416 e. The molecular formula is C26H27F5N4O2S. The Hall–Kier alpha value is -3.25. The molecule has 1 fully saturated rings. The van der Waals surface area contributed by atoms with Crippen LogP contribution >= 0.6 is 0 Å². The summed E-state index contributed by atoms with van der Waals surface area (Å²) in [5, 5.41) is 0. The maximum absolute atomic E-state index is 14.5. The number of hydrogen-bond donors (Lipinski definition) is 1. The molecule has 2 heterocycles. The van der Waals surface area contributed by atoms with E-state index < -0.39 is 43.9 Å². The summed E-state index contributed by atoms with van der Waals surface area (Å²) in [6.45, 7) is 6.77. The molecule has 1 saturated heterocycles. The van der Waals surface area contributed by atoms with Crippen molar-refractivity contribution >= 4 is 21.5 Å². The topological polar surface area (TPSA) is 65.5 Å². The van der Waals surface area contributed by atoms with E-state index in [0.717, 1.165) is 43.3 Å². The molecular weight excluding hydrogens is 527 g/mol. The smallest absolute Gasteiger partial charge is 0.350 e. The van der Waals surface area contributed by atoms with Crippen LogP contribution in [-0.2, 0) is 16.2 Å². The van der Waals surface area contributed by atoms with Gasteiger partial charge in [-0.25, -0.2) is 22.2 Å². The summed E-state index contributed by atoms with van der Waals surface area (Å²) in [5.41, 5.74) is -1.64. The SMILES string of the molecule is CCCN1CCN(c2ncc(-c3c(F)cccc3F)cc2NS(=O)(=O)c2cccc(C(F)(F)F)c2)[C@H](C)C1. The monoisotopic (exact) mass is 554 g/mol. The lowest BCUT2D eigenvalue weighted by Crippen LogP contribution is -2.52. The first-order valence-electron chi connectivity index (χ1n) is 12.0. The Kier molecular flexibility index (Phi) is 7.93. The van der Waals surface area contributed by atoms with Crippen molar-refractivity contribution in [2.75, 3.05) is 35.8 Å². The van der Waals surface area contributed by atoms with Gasteiger partial charge < -0.3 is 4.90 Å². The van der Waals surface area contributed by atoms with Crippen molar-refractivity contribution in [1.29, 1.82) is 0 Å². The lowest BCUT2D eigenvalue weighted by atomic mass is 10.1. The molecule has 0 bridgehead atoms. The van der Waals surface area contributed by atoms with Crippen molar-refractivity contribution in [3.05, 3.63) is 71.9 Å². The first kappa shape index (κ1) is 27.8. The Morgan fingerprint density at radius 3 is 2.37 bits per heavy atom. The summed E-state index contributed by atoms with van der Waals surface area (Å²) >= 11 is 0. The van der Waals surface area contributed by atoms with Crippen molar-refractivity contribution in [2.45, 2.75) is 37.4 Å². The third-order valence-corrected chi connectivity index (χ3v) is 7.72. The van der Waals surface area contributed by atoms with Gasteiger partial charge in [-0.05, 0) is 56.3 Å². The van der Waals surface area contributed by atoms with Gasteiger partial charge in [-0.1, -0.05) is 19.1 Å². The predicted octanol–water partition coefficient (Wildman–Crippen LogP) is 5.77. The van der Waals surface area contributed by atoms with Crippen LogP contribution in [0.2, 0.25) is 0 Å². The largest absolute Gasteiger partial charge is 0.416 e. The number of hydrogen-bond acceptors (Lipinski definition) is 5. The molecule has 38 heavy (non-hydrogen) atoms. The third-order valence-electron chi connectivity index (χ3n) is 6.36. The minimum absolute atomic E-state index is 0.0247. The Bertz CT molecular complexity index is 1390. The van der Waals surface area contributed by atoms with E-state index in [0.29, 0.717) is 25.7 Å². The number of nitrogens with zero attached hydrogens (tertiary/aromatic N) is 3. The van der Waals surface area contributed by atoms with Crippen LogP contribution in [0.1, 0.15) is 25.8 Å². The number of benzene rings is 2. The Morgan fingerprint density at radius 2 is 1.74 bits per heavy atom. The van der Waals surface area contributed by atoms with Crippen LogP contribution in [0.25, 0.3) is 11.1 Å². The molecule has 1 aromatic heterocycles. The van der Waals surface area contributed by atoms with Gasteiger partial charge in [-0.2, -0.15) is 13.2 Å². The lowest BCUT2D eigenvalue weighted by Gasteiger charge is -2.41. The zero-order chi connectivity index (χ0) is 27.7. The first-order valence-corrected chi connectivity index (χ1v) is 13.5. The highest BCUT2D eigenvalue weighted by Gasteiger charge is 2.32. The molecule has 1 atom stereocenters. The molecule has 2 aromatic carbocycles. The zero-order valence-electron chi connectivity index (χ0n) is 20.8. The molecule has 6 nitrogen and oxygen atoms in total. The molecule has 0 unspecified atom stereocenters. The Balaban J connectivity index is 1.78. The highest BCUT2D eigenvalue weighted by atomic mass is 32.2. The van der Waals surface area contributed by atoms with Gasteiger partial charge in [0, 0.05) is 37.4 Å². The Morgan fingerprint density at radius 1 is 1.05 bits per heavy atom. The number of rotatable bonds is 7. The van der Waals surface area contributed by atoms with Gasteiger partial charge in [-0.3, -0.25) is 9.62 Å². The fourth-order valence-corrected chi connectivity index (χ4v) is 5.68. The fraction of sp³-hybridized carbons (Fsp3) is 0.346. The van der Waals surface area contributed by atoms with Gasteiger partial charge >= 0.3 is 6.18 Å². The minimum atomic E-state index is -4.74. The van der Waals surface area contributed by atoms with E-state index in [1.165, 1.54) is 18.3 Å². The van der Waals surface area contributed by atoms with Crippen molar-refractivity contribution < 1.29 is 30.4 Å². The highest BCUT2D eigenvalue weighted by molar-refractivity contribution is 7.92. The predicted molar refractivity (Wildman–Crippen MR) is 135 cm³/mol. The standard InChI is InChI=1S/C26H27F5N4O2S/c1-3-10-34-11-12-35(17(2)16-34)25-23(13-18(15-32-25)24-21(27)8-5-9-22(24)28)33-38(36,37)20-7-4-6-19(14-20)26(29,30)31/h4-9,13-15,17,33H,3,10-12,16H2,1-2H3/t17-/m1/s1. The molecule has 0 amide bonds. The van der Waals surface area contributed by atoms with Gasteiger partial charge in [0.2, 0.25) is 0 Å². The van der Waals surface area contributed by atoms with E-state index in [2.05, 4.69) is 21.5 Å².